The summed E-state index contributed by atoms with van der Waals surface area (Å²) in [5, 5.41) is 0. The molecule has 0 radical (unpaired) electrons. The van der Waals surface area contributed by atoms with Crippen molar-refractivity contribution >= 4 is 11.8 Å². The van der Waals surface area contributed by atoms with Gasteiger partial charge in [-0.1, -0.05) is 0 Å². The lowest BCUT2D eigenvalue weighted by Crippen LogP contribution is -2.51. The molecule has 6 nitrogen and oxygen atoms in total. The molecule has 0 spiro atoms. The molecule has 102 valence electrons. The zero-order valence-corrected chi connectivity index (χ0v) is 10.9. The molecule has 2 aliphatic rings. The fourth-order valence-electron chi connectivity index (χ4n) is 3.01. The first-order chi connectivity index (χ1) is 8.60. The summed E-state index contributed by atoms with van der Waals surface area (Å²) in [4.78, 5) is 25.8. The molecule has 0 aromatic heterocycles. The minimum atomic E-state index is -0.674. The number of carbonyl (C=O) groups is 2. The van der Waals surface area contributed by atoms with Crippen LogP contribution in [0.25, 0.3) is 0 Å². The highest BCUT2D eigenvalue weighted by atomic mass is 16.7. The van der Waals surface area contributed by atoms with Gasteiger partial charge in [0.15, 0.2) is 0 Å². The molecule has 2 bridgehead atoms. The van der Waals surface area contributed by atoms with Crippen LogP contribution in [0, 0.1) is 5.92 Å². The third-order valence-electron chi connectivity index (χ3n) is 3.95. The molecule has 4 unspecified atom stereocenters. The molecular formula is C12H19NO5. The van der Waals surface area contributed by atoms with Gasteiger partial charge in [0.25, 0.3) is 0 Å². The van der Waals surface area contributed by atoms with Crippen molar-refractivity contribution in [3.63, 3.8) is 0 Å². The first-order valence-electron chi connectivity index (χ1n) is 6.03. The third-order valence-corrected chi connectivity index (χ3v) is 3.95. The number of carbonyl (C=O) groups excluding carboxylic acids is 2. The summed E-state index contributed by atoms with van der Waals surface area (Å²) in [7, 11) is 4.80. The predicted molar refractivity (Wildman–Crippen MR) is 61.8 cm³/mol. The van der Waals surface area contributed by atoms with Crippen molar-refractivity contribution in [1.29, 1.82) is 0 Å². The van der Waals surface area contributed by atoms with Gasteiger partial charge in [0.05, 0.1) is 13.2 Å². The average Bonchev–Trinajstić information content (AvgIpc) is 2.57. The Morgan fingerprint density at radius 1 is 1.39 bits per heavy atom. The van der Waals surface area contributed by atoms with Gasteiger partial charge in [0, 0.05) is 25.6 Å². The van der Waals surface area contributed by atoms with Gasteiger partial charge in [-0.05, 0) is 13.5 Å². The van der Waals surface area contributed by atoms with E-state index in [0.717, 1.165) is 0 Å². The molecule has 0 aromatic rings. The highest BCUT2D eigenvalue weighted by Gasteiger charge is 2.53. The zero-order chi connectivity index (χ0) is 13.3. The van der Waals surface area contributed by atoms with E-state index in [1.54, 1.807) is 7.11 Å². The van der Waals surface area contributed by atoms with Crippen LogP contribution >= 0.6 is 0 Å². The molecular weight excluding hydrogens is 238 g/mol. The summed E-state index contributed by atoms with van der Waals surface area (Å²) < 4.78 is 15.2. The standard InChI is InChI=1S/C12H19NO5/c1-13-7-4-9(14)11(12(15)17-3)8(13)5-10(7)18-6-16-2/h7-8,10-11H,4-6H2,1-3H3. The minimum Gasteiger partial charge on any atom is -0.468 e. The minimum absolute atomic E-state index is 0.0403. The smallest absolute Gasteiger partial charge is 0.317 e. The quantitative estimate of drug-likeness (QED) is 0.395. The Morgan fingerprint density at radius 2 is 2.11 bits per heavy atom. The van der Waals surface area contributed by atoms with Crippen LogP contribution in [0.2, 0.25) is 0 Å². The molecule has 0 saturated carbocycles. The van der Waals surface area contributed by atoms with Crippen molar-refractivity contribution in [2.24, 2.45) is 5.92 Å². The van der Waals surface area contributed by atoms with E-state index >= 15 is 0 Å². The molecule has 2 fully saturated rings. The number of hydrogen-bond acceptors (Lipinski definition) is 6. The second-order valence-corrected chi connectivity index (χ2v) is 4.82. The van der Waals surface area contributed by atoms with Crippen molar-refractivity contribution < 1.29 is 23.8 Å². The second kappa shape index (κ2) is 5.34. The molecule has 0 aliphatic carbocycles. The molecule has 2 saturated heterocycles. The molecule has 2 heterocycles. The SMILES string of the molecule is COCOC1CC2C(C(=O)OC)C(=O)CC1N2C. The van der Waals surface area contributed by atoms with Crippen LogP contribution in [0.3, 0.4) is 0 Å². The lowest BCUT2D eigenvalue weighted by Gasteiger charge is -2.35. The van der Waals surface area contributed by atoms with Gasteiger partial charge < -0.3 is 14.2 Å². The predicted octanol–water partition coefficient (Wildman–Crippen LogP) is -0.190. The van der Waals surface area contributed by atoms with E-state index in [0.29, 0.717) is 12.8 Å². The number of methoxy groups -OCH3 is 2. The molecule has 0 N–H and O–H groups in total. The van der Waals surface area contributed by atoms with E-state index in [1.165, 1.54) is 7.11 Å². The fourth-order valence-corrected chi connectivity index (χ4v) is 3.01. The second-order valence-electron chi connectivity index (χ2n) is 4.82. The summed E-state index contributed by atoms with van der Waals surface area (Å²) in [6.07, 6.45) is 0.940. The van der Waals surface area contributed by atoms with E-state index in [4.69, 9.17) is 14.2 Å². The fraction of sp³-hybridized carbons (Fsp3) is 0.833. The lowest BCUT2D eigenvalue weighted by atomic mass is 9.89. The van der Waals surface area contributed by atoms with E-state index in [2.05, 4.69) is 4.90 Å². The maximum Gasteiger partial charge on any atom is 0.317 e. The Hall–Kier alpha value is -0.980. The van der Waals surface area contributed by atoms with Gasteiger partial charge in [-0.25, -0.2) is 0 Å². The summed E-state index contributed by atoms with van der Waals surface area (Å²) in [6.45, 7) is 0.207. The van der Waals surface area contributed by atoms with Gasteiger partial charge >= 0.3 is 5.97 Å². The Balaban J connectivity index is 2.13. The molecule has 0 amide bonds. The molecule has 2 aliphatic heterocycles. The number of hydrogen-bond donors (Lipinski definition) is 0. The molecule has 0 aromatic carbocycles. The summed E-state index contributed by atoms with van der Waals surface area (Å²) in [5.41, 5.74) is 0. The number of fused-ring (bicyclic) bond motifs is 2. The molecule has 2 rings (SSSR count). The van der Waals surface area contributed by atoms with Crippen molar-refractivity contribution in [1.82, 2.24) is 4.90 Å². The highest BCUT2D eigenvalue weighted by Crippen LogP contribution is 2.38. The normalized spacial score (nSPS) is 35.8. The number of ketones is 1. The van der Waals surface area contributed by atoms with E-state index < -0.39 is 11.9 Å². The van der Waals surface area contributed by atoms with Gasteiger partial charge in [-0.2, -0.15) is 0 Å². The van der Waals surface area contributed by atoms with Gasteiger partial charge in [-0.3, -0.25) is 14.5 Å². The maximum absolute atomic E-state index is 12.0. The Kier molecular flexibility index (Phi) is 3.99. The Morgan fingerprint density at radius 3 is 2.72 bits per heavy atom. The van der Waals surface area contributed by atoms with Crippen molar-refractivity contribution in [2.45, 2.75) is 31.0 Å². The monoisotopic (exact) mass is 257 g/mol. The van der Waals surface area contributed by atoms with Crippen LogP contribution in [0.5, 0.6) is 0 Å². The van der Waals surface area contributed by atoms with Crippen molar-refractivity contribution in [2.75, 3.05) is 28.1 Å². The van der Waals surface area contributed by atoms with Gasteiger partial charge in [0.1, 0.15) is 18.5 Å². The number of esters is 1. The van der Waals surface area contributed by atoms with Gasteiger partial charge in [0.2, 0.25) is 0 Å². The van der Waals surface area contributed by atoms with Crippen LogP contribution in [0.15, 0.2) is 0 Å². The van der Waals surface area contributed by atoms with Gasteiger partial charge in [-0.15, -0.1) is 0 Å². The van der Waals surface area contributed by atoms with Crippen LogP contribution in [-0.2, 0) is 23.8 Å². The summed E-state index contributed by atoms with van der Waals surface area (Å²) in [6, 6.07) is -0.0795. The number of ether oxygens (including phenoxy) is 3. The number of nitrogens with zero attached hydrogens (tertiary/aromatic N) is 1. The topological polar surface area (TPSA) is 65.1 Å². The van der Waals surface area contributed by atoms with Crippen LogP contribution in [-0.4, -0.2) is 62.9 Å². The first kappa shape index (κ1) is 13.5. The van der Waals surface area contributed by atoms with Crippen molar-refractivity contribution in [3.05, 3.63) is 0 Å². The number of Topliss-reactive ketones (excluding diaryl/α,β-unsaturated/α-hetero) is 1. The first-order valence-corrected chi connectivity index (χ1v) is 6.03. The summed E-state index contributed by atoms with van der Waals surface area (Å²) >= 11 is 0. The summed E-state index contributed by atoms with van der Waals surface area (Å²) in [5.74, 6) is -1.16. The lowest BCUT2D eigenvalue weighted by molar-refractivity contribution is -0.154. The largest absolute Gasteiger partial charge is 0.468 e. The van der Waals surface area contributed by atoms with Crippen LogP contribution in [0.4, 0.5) is 0 Å². The maximum atomic E-state index is 12.0. The third kappa shape index (κ3) is 2.15. The molecule has 6 heteroatoms. The molecule has 18 heavy (non-hydrogen) atoms. The molecule has 4 atom stereocenters. The van der Waals surface area contributed by atoms with Crippen molar-refractivity contribution in [3.8, 4) is 0 Å². The van der Waals surface area contributed by atoms with Crippen LogP contribution < -0.4 is 0 Å². The highest BCUT2D eigenvalue weighted by molar-refractivity contribution is 6.01. The zero-order valence-electron chi connectivity index (χ0n) is 10.9. The van der Waals surface area contributed by atoms with Crippen LogP contribution in [0.1, 0.15) is 12.8 Å². The Bertz CT molecular complexity index is 345. The van der Waals surface area contributed by atoms with E-state index in [-0.39, 0.29) is 30.8 Å². The van der Waals surface area contributed by atoms with E-state index in [1.807, 2.05) is 7.05 Å². The number of likely N-dealkylation sites (N-methyl/N-ethyl adjacent to an activating group) is 1. The Labute approximate surface area is 106 Å². The average molecular weight is 257 g/mol. The number of rotatable bonds is 4. The number of piperidine rings is 1. The van der Waals surface area contributed by atoms with E-state index in [9.17, 15) is 9.59 Å².